The van der Waals surface area contributed by atoms with E-state index in [-0.39, 0.29) is 24.3 Å². The van der Waals surface area contributed by atoms with Crippen LogP contribution in [0.25, 0.3) is 6.08 Å². The minimum atomic E-state index is -0.319. The zero-order chi connectivity index (χ0) is 23.2. The molecule has 0 aromatic heterocycles. The summed E-state index contributed by atoms with van der Waals surface area (Å²) in [5.74, 6) is 1.04. The van der Waals surface area contributed by atoms with E-state index in [0.29, 0.717) is 23.0 Å². The maximum absolute atomic E-state index is 12.8. The van der Waals surface area contributed by atoms with E-state index in [2.05, 4.69) is 15.9 Å². The molecule has 0 atom stereocenters. The Morgan fingerprint density at radius 2 is 1.67 bits per heavy atom. The number of imide groups is 1. The molecular weight excluding hydrogens is 502 g/mol. The molecular formula is C26H22BrNO4S. The number of halogens is 1. The van der Waals surface area contributed by atoms with E-state index in [4.69, 9.17) is 9.47 Å². The van der Waals surface area contributed by atoms with Gasteiger partial charge in [-0.3, -0.25) is 14.5 Å². The highest BCUT2D eigenvalue weighted by molar-refractivity contribution is 9.10. The number of carbonyl (C=O) groups is 2. The quantitative estimate of drug-likeness (QED) is 0.317. The van der Waals surface area contributed by atoms with Gasteiger partial charge in [-0.25, -0.2) is 0 Å². The van der Waals surface area contributed by atoms with Gasteiger partial charge in [-0.2, -0.15) is 0 Å². The van der Waals surface area contributed by atoms with E-state index in [1.807, 2.05) is 79.7 Å². The first kappa shape index (κ1) is 23.1. The van der Waals surface area contributed by atoms with Crippen LogP contribution in [0.1, 0.15) is 16.7 Å². The largest absolute Gasteiger partial charge is 0.492 e. The summed E-state index contributed by atoms with van der Waals surface area (Å²) in [6.07, 6.45) is 1.71. The van der Waals surface area contributed by atoms with Crippen molar-refractivity contribution in [2.45, 2.75) is 13.5 Å². The predicted octanol–water partition coefficient (Wildman–Crippen LogP) is 6.45. The van der Waals surface area contributed by atoms with Crippen LogP contribution in [0.4, 0.5) is 4.79 Å². The minimum absolute atomic E-state index is 0.192. The van der Waals surface area contributed by atoms with Crippen LogP contribution in [-0.4, -0.2) is 29.2 Å². The summed E-state index contributed by atoms with van der Waals surface area (Å²) in [6.45, 7) is 2.83. The number of para-hydroxylation sites is 1. The van der Waals surface area contributed by atoms with E-state index in [0.717, 1.165) is 32.9 Å². The summed E-state index contributed by atoms with van der Waals surface area (Å²) in [7, 11) is 0. The van der Waals surface area contributed by atoms with Gasteiger partial charge >= 0.3 is 0 Å². The second-order valence-electron chi connectivity index (χ2n) is 7.45. The molecule has 1 saturated heterocycles. The Labute approximate surface area is 205 Å². The van der Waals surface area contributed by atoms with Gasteiger partial charge in [-0.15, -0.1) is 0 Å². The van der Waals surface area contributed by atoms with Crippen molar-refractivity contribution in [1.82, 2.24) is 4.90 Å². The molecule has 1 aliphatic rings. The molecule has 1 heterocycles. The van der Waals surface area contributed by atoms with Crippen molar-refractivity contribution < 1.29 is 19.1 Å². The third-order valence-electron chi connectivity index (χ3n) is 4.99. The molecule has 0 N–H and O–H groups in total. The highest BCUT2D eigenvalue weighted by Crippen LogP contribution is 2.34. The number of ether oxygens (including phenoxy) is 2. The van der Waals surface area contributed by atoms with Crippen LogP contribution in [0.3, 0.4) is 0 Å². The van der Waals surface area contributed by atoms with Gasteiger partial charge in [0.25, 0.3) is 11.1 Å². The second-order valence-corrected chi connectivity index (χ2v) is 9.36. The van der Waals surface area contributed by atoms with Crippen LogP contribution in [0.5, 0.6) is 11.5 Å². The predicted molar refractivity (Wildman–Crippen MR) is 134 cm³/mol. The molecule has 0 saturated carbocycles. The van der Waals surface area contributed by atoms with Crippen molar-refractivity contribution in [3.8, 4) is 11.5 Å². The number of hydrogen-bond donors (Lipinski definition) is 0. The van der Waals surface area contributed by atoms with E-state index >= 15 is 0 Å². The van der Waals surface area contributed by atoms with Crippen molar-refractivity contribution in [3.05, 3.63) is 98.9 Å². The van der Waals surface area contributed by atoms with Gasteiger partial charge in [0, 0.05) is 10.0 Å². The van der Waals surface area contributed by atoms with Crippen LogP contribution in [0.2, 0.25) is 0 Å². The van der Waals surface area contributed by atoms with Crippen molar-refractivity contribution in [3.63, 3.8) is 0 Å². The Morgan fingerprint density at radius 1 is 0.939 bits per heavy atom. The van der Waals surface area contributed by atoms with Crippen molar-refractivity contribution in [1.29, 1.82) is 0 Å². The van der Waals surface area contributed by atoms with E-state index in [1.54, 1.807) is 6.08 Å². The SMILES string of the molecule is Cc1ccc(OCCN2C(=O)S/C(=C\c3ccccc3OCc3ccc(Br)cc3)C2=O)cc1. The van der Waals surface area contributed by atoms with Gasteiger partial charge < -0.3 is 9.47 Å². The molecule has 5 nitrogen and oxygen atoms in total. The Kier molecular flexibility index (Phi) is 7.52. The maximum Gasteiger partial charge on any atom is 0.293 e. The third-order valence-corrected chi connectivity index (χ3v) is 6.43. The first-order valence-corrected chi connectivity index (χ1v) is 12.0. The summed E-state index contributed by atoms with van der Waals surface area (Å²) in [4.78, 5) is 26.9. The molecule has 0 unspecified atom stereocenters. The topological polar surface area (TPSA) is 55.8 Å². The Bertz CT molecular complexity index is 1180. The van der Waals surface area contributed by atoms with Crippen LogP contribution >= 0.6 is 27.7 Å². The number of amides is 2. The molecule has 2 amide bonds. The minimum Gasteiger partial charge on any atom is -0.492 e. The first-order chi connectivity index (χ1) is 16.0. The fraction of sp³-hybridized carbons (Fsp3) is 0.154. The van der Waals surface area contributed by atoms with Crippen LogP contribution in [0, 0.1) is 6.92 Å². The molecule has 168 valence electrons. The molecule has 0 spiro atoms. The van der Waals surface area contributed by atoms with E-state index in [9.17, 15) is 9.59 Å². The molecule has 4 rings (SSSR count). The molecule has 7 heteroatoms. The highest BCUT2D eigenvalue weighted by atomic mass is 79.9. The molecule has 0 aliphatic carbocycles. The summed E-state index contributed by atoms with van der Waals surface area (Å²) in [5, 5.41) is -0.299. The van der Waals surface area contributed by atoms with E-state index < -0.39 is 0 Å². The lowest BCUT2D eigenvalue weighted by Gasteiger charge is -2.13. The number of thioether (sulfide) groups is 1. The Balaban J connectivity index is 1.40. The summed E-state index contributed by atoms with van der Waals surface area (Å²) < 4.78 is 12.7. The summed E-state index contributed by atoms with van der Waals surface area (Å²) >= 11 is 4.36. The summed E-state index contributed by atoms with van der Waals surface area (Å²) in [5.41, 5.74) is 2.91. The molecule has 33 heavy (non-hydrogen) atoms. The second kappa shape index (κ2) is 10.7. The van der Waals surface area contributed by atoms with E-state index in [1.165, 1.54) is 4.90 Å². The third kappa shape index (κ3) is 6.06. The first-order valence-electron chi connectivity index (χ1n) is 10.4. The Hall–Kier alpha value is -3.03. The van der Waals surface area contributed by atoms with Crippen LogP contribution in [-0.2, 0) is 11.4 Å². The van der Waals surface area contributed by atoms with Gasteiger partial charge in [0.05, 0.1) is 11.4 Å². The van der Waals surface area contributed by atoms with Crippen molar-refractivity contribution in [2.75, 3.05) is 13.2 Å². The van der Waals surface area contributed by atoms with Gasteiger partial charge in [0.1, 0.15) is 24.7 Å². The molecule has 3 aromatic rings. The number of rotatable bonds is 8. The molecule has 1 fully saturated rings. The normalized spacial score (nSPS) is 14.7. The van der Waals surface area contributed by atoms with Crippen molar-refractivity contribution >= 4 is 44.9 Å². The van der Waals surface area contributed by atoms with Crippen LogP contribution < -0.4 is 9.47 Å². The number of aryl methyl sites for hydroxylation is 1. The van der Waals surface area contributed by atoms with Crippen molar-refractivity contribution in [2.24, 2.45) is 0 Å². The molecule has 3 aromatic carbocycles. The number of hydrogen-bond acceptors (Lipinski definition) is 5. The average Bonchev–Trinajstić information content (AvgIpc) is 3.08. The van der Waals surface area contributed by atoms with Gasteiger partial charge in [0.2, 0.25) is 0 Å². The zero-order valence-corrected chi connectivity index (χ0v) is 20.4. The van der Waals surface area contributed by atoms with Gasteiger partial charge in [0.15, 0.2) is 0 Å². The summed E-state index contributed by atoms with van der Waals surface area (Å²) in [6, 6.07) is 23.0. The number of benzene rings is 3. The fourth-order valence-corrected chi connectivity index (χ4v) is 4.32. The average molecular weight is 524 g/mol. The number of nitrogens with zero attached hydrogens (tertiary/aromatic N) is 1. The highest BCUT2D eigenvalue weighted by Gasteiger charge is 2.35. The molecule has 0 radical (unpaired) electrons. The molecule has 1 aliphatic heterocycles. The maximum atomic E-state index is 12.8. The smallest absolute Gasteiger partial charge is 0.293 e. The van der Waals surface area contributed by atoms with Crippen LogP contribution in [0.15, 0.2) is 82.2 Å². The standard InChI is InChI=1S/C26H22BrNO4S/c1-18-6-12-22(13-7-18)31-15-14-28-25(29)24(33-26(28)30)16-20-4-2-3-5-23(20)32-17-19-8-10-21(27)11-9-19/h2-13,16H,14-15,17H2,1H3/b24-16-. The zero-order valence-electron chi connectivity index (χ0n) is 18.0. The molecule has 0 bridgehead atoms. The Morgan fingerprint density at radius 3 is 2.42 bits per heavy atom. The lowest BCUT2D eigenvalue weighted by Crippen LogP contribution is -2.32. The lowest BCUT2D eigenvalue weighted by atomic mass is 10.1. The number of carbonyl (C=O) groups excluding carboxylic acids is 2. The lowest BCUT2D eigenvalue weighted by molar-refractivity contribution is -0.123. The van der Waals surface area contributed by atoms with Gasteiger partial charge in [-0.1, -0.05) is 64.0 Å². The fourth-order valence-electron chi connectivity index (χ4n) is 3.20. The van der Waals surface area contributed by atoms with Gasteiger partial charge in [-0.05, 0) is 60.7 Å². The monoisotopic (exact) mass is 523 g/mol.